The van der Waals surface area contributed by atoms with Crippen molar-refractivity contribution in [3.05, 3.63) is 47.5 Å². The zero-order valence-corrected chi connectivity index (χ0v) is 15.7. The van der Waals surface area contributed by atoms with Crippen molar-refractivity contribution in [2.24, 2.45) is 5.41 Å². The molecule has 0 spiro atoms. The summed E-state index contributed by atoms with van der Waals surface area (Å²) in [6.07, 6.45) is 0. The van der Waals surface area contributed by atoms with E-state index in [0.717, 1.165) is 26.2 Å². The first-order valence-corrected chi connectivity index (χ1v) is 8.58. The Morgan fingerprint density at radius 1 is 1.08 bits per heavy atom. The third-order valence-electron chi connectivity index (χ3n) is 5.13. The smallest absolute Gasteiger partial charge is 0.0500 e. The van der Waals surface area contributed by atoms with Crippen LogP contribution >= 0.6 is 12.4 Å². The largest absolute Gasteiger partial charge is 0.396 e. The van der Waals surface area contributed by atoms with Gasteiger partial charge in [-0.2, -0.15) is 0 Å². The molecule has 2 aromatic rings. The van der Waals surface area contributed by atoms with Crippen LogP contribution in [0, 0.1) is 12.3 Å². The number of hydrogen-bond acceptors (Lipinski definition) is 3. The highest BCUT2D eigenvalue weighted by atomic mass is 35.5. The van der Waals surface area contributed by atoms with Crippen LogP contribution in [-0.4, -0.2) is 42.8 Å². The van der Waals surface area contributed by atoms with E-state index in [1.165, 1.54) is 21.9 Å². The minimum Gasteiger partial charge on any atom is -0.396 e. The Kier molecular flexibility index (Phi) is 6.27. The van der Waals surface area contributed by atoms with Crippen LogP contribution in [-0.2, 0) is 0 Å². The molecule has 2 N–H and O–H groups in total. The Morgan fingerprint density at radius 2 is 1.71 bits per heavy atom. The summed E-state index contributed by atoms with van der Waals surface area (Å²) in [4.78, 5) is 2.53. The first-order chi connectivity index (χ1) is 11.0. The van der Waals surface area contributed by atoms with Gasteiger partial charge in [-0.15, -0.1) is 12.4 Å². The van der Waals surface area contributed by atoms with Gasteiger partial charge in [0, 0.05) is 44.2 Å². The molecule has 3 nitrogen and oxygen atoms in total. The Labute approximate surface area is 151 Å². The average molecular weight is 349 g/mol. The van der Waals surface area contributed by atoms with Gasteiger partial charge in [-0.3, -0.25) is 4.90 Å². The molecule has 0 radical (unpaired) electrons. The van der Waals surface area contributed by atoms with Crippen LogP contribution in [0.3, 0.4) is 0 Å². The summed E-state index contributed by atoms with van der Waals surface area (Å²) in [5.41, 5.74) is 2.47. The molecular weight excluding hydrogens is 320 g/mol. The van der Waals surface area contributed by atoms with Crippen molar-refractivity contribution in [1.82, 2.24) is 10.2 Å². The second-order valence-corrected chi connectivity index (χ2v) is 7.35. The molecule has 1 aliphatic rings. The summed E-state index contributed by atoms with van der Waals surface area (Å²) in [5.74, 6) is 0. The van der Waals surface area contributed by atoms with Gasteiger partial charge in [-0.1, -0.05) is 50.2 Å². The fourth-order valence-corrected chi connectivity index (χ4v) is 3.85. The van der Waals surface area contributed by atoms with E-state index in [1.54, 1.807) is 0 Å². The normalized spacial score (nSPS) is 17.5. The van der Waals surface area contributed by atoms with Crippen molar-refractivity contribution < 1.29 is 5.11 Å². The van der Waals surface area contributed by atoms with E-state index < -0.39 is 0 Å². The zero-order valence-electron chi connectivity index (χ0n) is 14.9. The molecule has 24 heavy (non-hydrogen) atoms. The number of fused-ring (bicyclic) bond motifs is 1. The van der Waals surface area contributed by atoms with Crippen molar-refractivity contribution in [3.63, 3.8) is 0 Å². The van der Waals surface area contributed by atoms with Crippen LogP contribution in [0.4, 0.5) is 0 Å². The van der Waals surface area contributed by atoms with Crippen LogP contribution in [0.25, 0.3) is 10.8 Å². The highest BCUT2D eigenvalue weighted by Gasteiger charge is 2.36. The third kappa shape index (κ3) is 3.60. The van der Waals surface area contributed by atoms with Gasteiger partial charge in [0.05, 0.1) is 0 Å². The molecule has 1 atom stereocenters. The molecule has 3 rings (SSSR count). The number of piperazine rings is 1. The van der Waals surface area contributed by atoms with Crippen LogP contribution in [0.5, 0.6) is 0 Å². The number of aliphatic hydroxyl groups excluding tert-OH is 1. The molecule has 1 fully saturated rings. The lowest BCUT2D eigenvalue weighted by molar-refractivity contribution is 0.0313. The van der Waals surface area contributed by atoms with Crippen LogP contribution in [0.15, 0.2) is 36.4 Å². The lowest BCUT2D eigenvalue weighted by Crippen LogP contribution is -2.49. The maximum Gasteiger partial charge on any atom is 0.0500 e. The predicted molar refractivity (Wildman–Crippen MR) is 104 cm³/mol. The Balaban J connectivity index is 0.00000208. The van der Waals surface area contributed by atoms with E-state index in [0.29, 0.717) is 0 Å². The number of rotatable bonds is 4. The number of aryl methyl sites for hydroxylation is 1. The van der Waals surface area contributed by atoms with E-state index >= 15 is 0 Å². The van der Waals surface area contributed by atoms with Gasteiger partial charge < -0.3 is 10.4 Å². The first kappa shape index (κ1) is 19.2. The van der Waals surface area contributed by atoms with Crippen molar-refractivity contribution >= 4 is 23.2 Å². The lowest BCUT2D eigenvalue weighted by atomic mass is 9.78. The number of nitrogens with zero attached hydrogens (tertiary/aromatic N) is 1. The molecule has 0 aromatic heterocycles. The van der Waals surface area contributed by atoms with Gasteiger partial charge in [0.1, 0.15) is 0 Å². The molecule has 4 heteroatoms. The second-order valence-electron chi connectivity index (χ2n) is 7.35. The monoisotopic (exact) mass is 348 g/mol. The lowest BCUT2D eigenvalue weighted by Gasteiger charge is -2.44. The third-order valence-corrected chi connectivity index (χ3v) is 5.13. The molecule has 0 unspecified atom stereocenters. The van der Waals surface area contributed by atoms with Crippen molar-refractivity contribution in [2.75, 3.05) is 32.8 Å². The minimum absolute atomic E-state index is 0. The number of halogens is 1. The van der Waals surface area contributed by atoms with E-state index in [2.05, 4.69) is 67.4 Å². The minimum atomic E-state index is -0.185. The standard InChI is InChI=1S/C20H28N2O.ClH/c1-15-8-9-18(17-7-5-4-6-16(15)17)19(20(2,3)14-23)22-12-10-21-11-13-22;/h4-9,19,21,23H,10-14H2,1-3H3;1H/t19-;/m1./s1. The molecule has 1 aliphatic heterocycles. The summed E-state index contributed by atoms with van der Waals surface area (Å²) in [6, 6.07) is 13.4. The van der Waals surface area contributed by atoms with Crippen LogP contribution in [0.1, 0.15) is 31.0 Å². The van der Waals surface area contributed by atoms with Gasteiger partial charge in [0.15, 0.2) is 0 Å². The maximum atomic E-state index is 10.0. The summed E-state index contributed by atoms with van der Waals surface area (Å²) < 4.78 is 0. The van der Waals surface area contributed by atoms with Gasteiger partial charge in [-0.05, 0) is 28.8 Å². The van der Waals surface area contributed by atoms with E-state index in [9.17, 15) is 5.11 Å². The van der Waals surface area contributed by atoms with Crippen LogP contribution in [0.2, 0.25) is 0 Å². The number of aliphatic hydroxyl groups is 1. The molecule has 1 saturated heterocycles. The van der Waals surface area contributed by atoms with Gasteiger partial charge >= 0.3 is 0 Å². The quantitative estimate of drug-likeness (QED) is 0.887. The molecule has 1 heterocycles. The first-order valence-electron chi connectivity index (χ1n) is 8.58. The van der Waals surface area contributed by atoms with Gasteiger partial charge in [0.2, 0.25) is 0 Å². The second kappa shape index (κ2) is 7.83. The van der Waals surface area contributed by atoms with E-state index in [-0.39, 0.29) is 30.5 Å². The number of hydrogen-bond donors (Lipinski definition) is 2. The summed E-state index contributed by atoms with van der Waals surface area (Å²) in [6.45, 7) is 10.8. The molecule has 0 aliphatic carbocycles. The van der Waals surface area contributed by atoms with Crippen molar-refractivity contribution in [3.8, 4) is 0 Å². The highest BCUT2D eigenvalue weighted by Crippen LogP contribution is 2.41. The van der Waals surface area contributed by atoms with E-state index in [1.807, 2.05) is 0 Å². The molecule has 0 saturated carbocycles. The topological polar surface area (TPSA) is 35.5 Å². The Bertz CT molecular complexity index is 680. The fraction of sp³-hybridized carbons (Fsp3) is 0.500. The SMILES string of the molecule is Cc1ccc([C@@H](N2CCNCC2)C(C)(C)CO)c2ccccc12.Cl. The summed E-state index contributed by atoms with van der Waals surface area (Å²) >= 11 is 0. The summed E-state index contributed by atoms with van der Waals surface area (Å²) in [5, 5.41) is 16.1. The summed E-state index contributed by atoms with van der Waals surface area (Å²) in [7, 11) is 0. The van der Waals surface area contributed by atoms with Crippen LogP contribution < -0.4 is 5.32 Å². The van der Waals surface area contributed by atoms with E-state index in [4.69, 9.17) is 0 Å². The molecule has 0 amide bonds. The fourth-order valence-electron chi connectivity index (χ4n) is 3.85. The van der Waals surface area contributed by atoms with Gasteiger partial charge in [-0.25, -0.2) is 0 Å². The zero-order chi connectivity index (χ0) is 16.4. The molecule has 132 valence electrons. The Hall–Kier alpha value is -1.13. The average Bonchev–Trinajstić information content (AvgIpc) is 2.58. The van der Waals surface area contributed by atoms with Crippen molar-refractivity contribution in [1.29, 1.82) is 0 Å². The maximum absolute atomic E-state index is 10.0. The molecular formula is C20H29ClN2O. The highest BCUT2D eigenvalue weighted by molar-refractivity contribution is 5.89. The number of nitrogens with one attached hydrogen (secondary N) is 1. The van der Waals surface area contributed by atoms with Crippen molar-refractivity contribution in [2.45, 2.75) is 26.8 Å². The predicted octanol–water partition coefficient (Wildman–Crippen LogP) is 3.53. The number of benzene rings is 2. The molecule has 2 aromatic carbocycles. The van der Waals surface area contributed by atoms with Gasteiger partial charge in [0.25, 0.3) is 0 Å². The molecule has 0 bridgehead atoms. The Morgan fingerprint density at radius 3 is 2.33 bits per heavy atom.